The summed E-state index contributed by atoms with van der Waals surface area (Å²) < 4.78 is 27.0. The average molecular weight is 456 g/mol. The molecule has 2 aromatic carbocycles. The number of benzene rings is 2. The molecule has 1 aliphatic rings. The molecule has 0 bridgehead atoms. The number of piperazine rings is 1. The normalized spacial score (nSPS) is 14.2. The summed E-state index contributed by atoms with van der Waals surface area (Å²) in [7, 11) is -3.70. The molecule has 1 heterocycles. The lowest BCUT2D eigenvalue weighted by molar-refractivity contribution is -0.132. The first-order chi connectivity index (χ1) is 15.4. The molecule has 2 amide bonds. The number of sulfonamides is 1. The van der Waals surface area contributed by atoms with E-state index in [4.69, 9.17) is 0 Å². The highest BCUT2D eigenvalue weighted by Crippen LogP contribution is 2.15. The van der Waals surface area contributed by atoms with Crippen molar-refractivity contribution in [1.82, 2.24) is 14.5 Å². The van der Waals surface area contributed by atoms with E-state index in [2.05, 4.69) is 23.4 Å². The van der Waals surface area contributed by atoms with Crippen LogP contribution >= 0.6 is 0 Å². The van der Waals surface area contributed by atoms with E-state index >= 15 is 0 Å². The average Bonchev–Trinajstić information content (AvgIpc) is 2.83. The van der Waals surface area contributed by atoms with E-state index in [0.717, 1.165) is 12.8 Å². The second kappa shape index (κ2) is 11.1. The van der Waals surface area contributed by atoms with Crippen molar-refractivity contribution >= 4 is 21.8 Å². The highest BCUT2D eigenvalue weighted by Gasteiger charge is 2.25. The molecule has 0 atom stereocenters. The largest absolute Gasteiger partial charge is 0.339 e. The third-order valence-electron chi connectivity index (χ3n) is 5.43. The number of aryl methyl sites for hydroxylation is 1. The fraction of sp³-hybridized carbons (Fsp3) is 0.333. The first-order valence-corrected chi connectivity index (χ1v) is 12.2. The van der Waals surface area contributed by atoms with Crippen molar-refractivity contribution in [1.29, 1.82) is 0 Å². The maximum Gasteiger partial charge on any atom is 0.254 e. The van der Waals surface area contributed by atoms with Gasteiger partial charge in [0.05, 0.1) is 4.90 Å². The third-order valence-corrected chi connectivity index (χ3v) is 6.85. The Labute approximate surface area is 189 Å². The molecule has 1 fully saturated rings. The van der Waals surface area contributed by atoms with Gasteiger partial charge in [0.1, 0.15) is 0 Å². The summed E-state index contributed by atoms with van der Waals surface area (Å²) in [6, 6.07) is 16.1. The smallest absolute Gasteiger partial charge is 0.254 e. The van der Waals surface area contributed by atoms with Crippen LogP contribution in [-0.2, 0) is 21.2 Å². The lowest BCUT2D eigenvalue weighted by Gasteiger charge is -2.35. The Bertz CT molecular complexity index is 1050. The number of nitrogens with zero attached hydrogens (tertiary/aromatic N) is 2. The number of carbonyl (C=O) groups excluding carboxylic acids is 2. The van der Waals surface area contributed by atoms with Gasteiger partial charge < -0.3 is 9.80 Å². The Balaban J connectivity index is 1.51. The Morgan fingerprint density at radius 3 is 2.34 bits per heavy atom. The maximum absolute atomic E-state index is 12.9. The van der Waals surface area contributed by atoms with Crippen LogP contribution in [0.3, 0.4) is 0 Å². The van der Waals surface area contributed by atoms with Gasteiger partial charge in [0, 0.05) is 44.7 Å². The van der Waals surface area contributed by atoms with Crippen LogP contribution < -0.4 is 4.72 Å². The topological polar surface area (TPSA) is 86.8 Å². The fourth-order valence-electron chi connectivity index (χ4n) is 3.64. The van der Waals surface area contributed by atoms with E-state index in [1.165, 1.54) is 23.8 Å². The molecule has 32 heavy (non-hydrogen) atoms. The number of nitrogens with one attached hydrogen (secondary N) is 1. The van der Waals surface area contributed by atoms with Gasteiger partial charge in [-0.25, -0.2) is 13.1 Å². The second-order valence-electron chi connectivity index (χ2n) is 7.68. The number of carbonyl (C=O) groups is 2. The van der Waals surface area contributed by atoms with Gasteiger partial charge in [-0.2, -0.15) is 0 Å². The Kier molecular flexibility index (Phi) is 8.19. The van der Waals surface area contributed by atoms with Gasteiger partial charge in [0.25, 0.3) is 5.91 Å². The molecule has 1 aliphatic heterocycles. The van der Waals surface area contributed by atoms with E-state index in [1.54, 1.807) is 21.9 Å². The quantitative estimate of drug-likeness (QED) is 0.589. The molecule has 0 saturated carbocycles. The minimum Gasteiger partial charge on any atom is -0.339 e. The standard InChI is InChI=1S/C24H29N3O4S/c1-2-14-25-32(30,31)22-12-7-11-21(19-22)24(29)27-17-15-26(16-18-27)23(28)13-6-10-20-8-4-3-5-9-20/h2-5,7-9,11-12,19,25H,1,6,10,13-18H2. The molecule has 0 aliphatic carbocycles. The molecular weight excluding hydrogens is 426 g/mol. The molecular formula is C24H29N3O4S. The number of rotatable bonds is 9. The second-order valence-corrected chi connectivity index (χ2v) is 9.45. The van der Waals surface area contributed by atoms with Crippen LogP contribution in [0, 0.1) is 0 Å². The van der Waals surface area contributed by atoms with Crippen LogP contribution in [0.4, 0.5) is 0 Å². The zero-order valence-corrected chi connectivity index (χ0v) is 18.9. The minimum absolute atomic E-state index is 0.0393. The first-order valence-electron chi connectivity index (χ1n) is 10.7. The molecule has 170 valence electrons. The maximum atomic E-state index is 12.9. The van der Waals surface area contributed by atoms with Crippen molar-refractivity contribution in [3.63, 3.8) is 0 Å². The Morgan fingerprint density at radius 2 is 1.66 bits per heavy atom. The van der Waals surface area contributed by atoms with Gasteiger partial charge in [-0.3, -0.25) is 9.59 Å². The fourth-order valence-corrected chi connectivity index (χ4v) is 4.68. The molecule has 0 radical (unpaired) electrons. The monoisotopic (exact) mass is 455 g/mol. The lowest BCUT2D eigenvalue weighted by Crippen LogP contribution is -2.50. The van der Waals surface area contributed by atoms with Crippen molar-refractivity contribution in [3.8, 4) is 0 Å². The Morgan fingerprint density at radius 1 is 0.969 bits per heavy atom. The molecule has 1 saturated heterocycles. The van der Waals surface area contributed by atoms with Crippen molar-refractivity contribution < 1.29 is 18.0 Å². The summed E-state index contributed by atoms with van der Waals surface area (Å²) in [5.41, 5.74) is 1.54. The van der Waals surface area contributed by atoms with Gasteiger partial charge in [0.15, 0.2) is 0 Å². The predicted octanol–water partition coefficient (Wildman–Crippen LogP) is 2.46. The summed E-state index contributed by atoms with van der Waals surface area (Å²) in [4.78, 5) is 28.9. The molecule has 7 nitrogen and oxygen atoms in total. The van der Waals surface area contributed by atoms with Gasteiger partial charge in [0.2, 0.25) is 15.9 Å². The third kappa shape index (κ3) is 6.27. The summed E-state index contributed by atoms with van der Waals surface area (Å²) in [5.74, 6) is -0.128. The van der Waals surface area contributed by atoms with Gasteiger partial charge in [-0.1, -0.05) is 42.5 Å². The molecule has 1 N–H and O–H groups in total. The molecule has 2 aromatic rings. The van der Waals surface area contributed by atoms with Crippen molar-refractivity contribution in [3.05, 3.63) is 78.4 Å². The van der Waals surface area contributed by atoms with E-state index < -0.39 is 10.0 Å². The SMILES string of the molecule is C=CCNS(=O)(=O)c1cccc(C(=O)N2CCN(C(=O)CCCc3ccccc3)CC2)c1. The van der Waals surface area contributed by atoms with Crippen LogP contribution in [-0.4, -0.2) is 62.8 Å². The van der Waals surface area contributed by atoms with E-state index in [0.29, 0.717) is 38.2 Å². The summed E-state index contributed by atoms with van der Waals surface area (Å²) >= 11 is 0. The van der Waals surface area contributed by atoms with Crippen LogP contribution in [0.25, 0.3) is 0 Å². The molecule has 3 rings (SSSR count). The van der Waals surface area contributed by atoms with Crippen LogP contribution in [0.15, 0.2) is 72.1 Å². The number of hydrogen-bond acceptors (Lipinski definition) is 4. The zero-order valence-electron chi connectivity index (χ0n) is 18.1. The summed E-state index contributed by atoms with van der Waals surface area (Å²) in [5, 5.41) is 0. The molecule has 0 unspecified atom stereocenters. The van der Waals surface area contributed by atoms with Gasteiger partial charge in [-0.15, -0.1) is 6.58 Å². The van der Waals surface area contributed by atoms with Gasteiger partial charge in [-0.05, 0) is 36.6 Å². The number of hydrogen-bond donors (Lipinski definition) is 1. The van der Waals surface area contributed by atoms with E-state index in [-0.39, 0.29) is 23.3 Å². The zero-order chi connectivity index (χ0) is 23.0. The van der Waals surface area contributed by atoms with Crippen molar-refractivity contribution in [2.45, 2.75) is 24.2 Å². The first kappa shape index (κ1) is 23.7. The lowest BCUT2D eigenvalue weighted by atomic mass is 10.1. The van der Waals surface area contributed by atoms with Gasteiger partial charge >= 0.3 is 0 Å². The number of amides is 2. The highest BCUT2D eigenvalue weighted by molar-refractivity contribution is 7.89. The van der Waals surface area contributed by atoms with E-state index in [9.17, 15) is 18.0 Å². The minimum atomic E-state index is -3.70. The van der Waals surface area contributed by atoms with Crippen LogP contribution in [0.5, 0.6) is 0 Å². The Hall–Kier alpha value is -2.97. The molecule has 0 spiro atoms. The highest BCUT2D eigenvalue weighted by atomic mass is 32.2. The van der Waals surface area contributed by atoms with Crippen molar-refractivity contribution in [2.75, 3.05) is 32.7 Å². The predicted molar refractivity (Wildman–Crippen MR) is 124 cm³/mol. The van der Waals surface area contributed by atoms with E-state index in [1.807, 2.05) is 18.2 Å². The molecule has 0 aromatic heterocycles. The summed E-state index contributed by atoms with van der Waals surface area (Å²) in [6.07, 6.45) is 3.60. The van der Waals surface area contributed by atoms with Crippen molar-refractivity contribution in [2.24, 2.45) is 0 Å². The summed E-state index contributed by atoms with van der Waals surface area (Å²) in [6.45, 7) is 5.42. The van der Waals surface area contributed by atoms with Crippen LogP contribution in [0.1, 0.15) is 28.8 Å². The molecule has 8 heteroatoms. The van der Waals surface area contributed by atoms with Crippen LogP contribution in [0.2, 0.25) is 0 Å².